The van der Waals surface area contributed by atoms with Crippen LogP contribution in [0.25, 0.3) is 75.1 Å². The van der Waals surface area contributed by atoms with Crippen LogP contribution in [0.5, 0.6) is 0 Å². The number of nitrogens with zero attached hydrogens (tertiary/aromatic N) is 1. The van der Waals surface area contributed by atoms with Gasteiger partial charge in [-0.1, -0.05) is 121 Å². The second-order valence-corrected chi connectivity index (χ2v) is 13.6. The Labute approximate surface area is 287 Å². The summed E-state index contributed by atoms with van der Waals surface area (Å²) in [6.45, 7) is 0. The molecule has 0 amide bonds. The molecule has 2 heterocycles. The van der Waals surface area contributed by atoms with Crippen LogP contribution in [0.15, 0.2) is 180 Å². The first kappa shape index (κ1) is 27.9. The van der Waals surface area contributed by atoms with Gasteiger partial charge in [-0.2, -0.15) is 0 Å². The lowest BCUT2D eigenvalue weighted by atomic mass is 9.95. The molecule has 230 valence electrons. The number of furan rings is 1. The molecule has 49 heavy (non-hydrogen) atoms. The van der Waals surface area contributed by atoms with Crippen LogP contribution in [0.4, 0.5) is 17.1 Å². The minimum atomic E-state index is 0.912. The molecule has 0 saturated heterocycles. The topological polar surface area (TPSA) is 16.4 Å². The molecule has 0 atom stereocenters. The van der Waals surface area contributed by atoms with Crippen molar-refractivity contribution in [3.05, 3.63) is 176 Å². The molecule has 3 heteroatoms. The van der Waals surface area contributed by atoms with E-state index in [1.165, 1.54) is 36.7 Å². The van der Waals surface area contributed by atoms with Gasteiger partial charge in [-0.3, -0.25) is 0 Å². The van der Waals surface area contributed by atoms with Crippen LogP contribution in [-0.2, 0) is 0 Å². The first-order valence-electron chi connectivity index (χ1n) is 16.6. The van der Waals surface area contributed by atoms with Gasteiger partial charge in [0.1, 0.15) is 11.2 Å². The van der Waals surface area contributed by atoms with E-state index in [-0.39, 0.29) is 0 Å². The van der Waals surface area contributed by atoms with E-state index >= 15 is 0 Å². The average Bonchev–Trinajstić information content (AvgIpc) is 3.74. The number of hydrogen-bond donors (Lipinski definition) is 0. The largest absolute Gasteiger partial charge is 0.455 e. The zero-order valence-corrected chi connectivity index (χ0v) is 27.3. The quantitative estimate of drug-likeness (QED) is 0.186. The van der Waals surface area contributed by atoms with Crippen molar-refractivity contribution in [1.29, 1.82) is 0 Å². The van der Waals surface area contributed by atoms with Crippen LogP contribution in [0.1, 0.15) is 0 Å². The van der Waals surface area contributed by atoms with Crippen LogP contribution in [0, 0.1) is 0 Å². The van der Waals surface area contributed by atoms with Crippen molar-refractivity contribution in [1.82, 2.24) is 0 Å². The van der Waals surface area contributed by atoms with Gasteiger partial charge in [-0.15, -0.1) is 11.3 Å². The highest BCUT2D eigenvalue weighted by atomic mass is 32.1. The van der Waals surface area contributed by atoms with Gasteiger partial charge >= 0.3 is 0 Å². The molecule has 0 spiro atoms. The maximum atomic E-state index is 6.82. The van der Waals surface area contributed by atoms with E-state index < -0.39 is 0 Å². The SMILES string of the molecule is c1ccc(-c2cc3c4cccc(-c5ccc(N(c6ccccc6)c6ccc7sc8ccccc8c7c6)cc5)c4oc3c3ccccc23)cc1. The third-order valence-electron chi connectivity index (χ3n) is 9.66. The third-order valence-corrected chi connectivity index (χ3v) is 10.8. The van der Waals surface area contributed by atoms with Crippen LogP contribution < -0.4 is 4.90 Å². The lowest BCUT2D eigenvalue weighted by Gasteiger charge is -2.25. The maximum absolute atomic E-state index is 6.82. The lowest BCUT2D eigenvalue weighted by molar-refractivity contribution is 0.674. The van der Waals surface area contributed by atoms with Crippen molar-refractivity contribution in [2.45, 2.75) is 0 Å². The summed E-state index contributed by atoms with van der Waals surface area (Å²) in [5.74, 6) is 0. The summed E-state index contributed by atoms with van der Waals surface area (Å²) in [5, 5.41) is 7.18. The molecule has 0 bridgehead atoms. The molecular weight excluding hydrogens is 615 g/mol. The number of anilines is 3. The highest BCUT2D eigenvalue weighted by molar-refractivity contribution is 7.25. The van der Waals surface area contributed by atoms with Crippen molar-refractivity contribution in [2.75, 3.05) is 4.90 Å². The molecule has 2 nitrogen and oxygen atoms in total. The summed E-state index contributed by atoms with van der Waals surface area (Å²) in [7, 11) is 0. The van der Waals surface area contributed by atoms with E-state index in [1.54, 1.807) is 0 Å². The van der Waals surface area contributed by atoms with Gasteiger partial charge in [0, 0.05) is 59.0 Å². The van der Waals surface area contributed by atoms with Crippen LogP contribution in [-0.4, -0.2) is 0 Å². The summed E-state index contributed by atoms with van der Waals surface area (Å²) in [5.41, 5.74) is 9.83. The Morgan fingerprint density at radius 3 is 1.76 bits per heavy atom. The molecule has 0 aliphatic rings. The maximum Gasteiger partial charge on any atom is 0.143 e. The summed E-state index contributed by atoms with van der Waals surface area (Å²) in [6, 6.07) is 63.0. The van der Waals surface area contributed by atoms with Gasteiger partial charge < -0.3 is 9.32 Å². The predicted octanol–water partition coefficient (Wildman–Crippen LogP) is 13.9. The second-order valence-electron chi connectivity index (χ2n) is 12.5. The van der Waals surface area contributed by atoms with Gasteiger partial charge in [-0.25, -0.2) is 0 Å². The zero-order valence-electron chi connectivity index (χ0n) is 26.5. The number of thiophene rings is 1. The molecule has 8 aromatic carbocycles. The van der Waals surface area contributed by atoms with Gasteiger partial charge in [0.15, 0.2) is 0 Å². The smallest absolute Gasteiger partial charge is 0.143 e. The van der Waals surface area contributed by atoms with Gasteiger partial charge in [0.2, 0.25) is 0 Å². The highest BCUT2D eigenvalue weighted by Crippen LogP contribution is 2.44. The van der Waals surface area contributed by atoms with E-state index in [0.29, 0.717) is 0 Å². The summed E-state index contributed by atoms with van der Waals surface area (Å²) < 4.78 is 9.43. The normalized spacial score (nSPS) is 11.7. The number of fused-ring (bicyclic) bond motifs is 8. The standard InChI is InChI=1S/C46H29NOS/c1-3-12-30(13-4-1)40-29-42-39-20-11-19-35(45(39)48-46(42)38-18-8-7-16-36(38)40)31-22-24-33(25-23-31)47(32-14-5-2-6-15-32)34-26-27-44-41(28-34)37-17-9-10-21-43(37)49-44/h1-29H. The highest BCUT2D eigenvalue weighted by Gasteiger charge is 2.19. The van der Waals surface area contributed by atoms with E-state index in [9.17, 15) is 0 Å². The summed E-state index contributed by atoms with van der Waals surface area (Å²) in [4.78, 5) is 2.34. The van der Waals surface area contributed by atoms with Crippen molar-refractivity contribution < 1.29 is 4.42 Å². The van der Waals surface area contributed by atoms with Crippen molar-refractivity contribution >= 4 is 81.3 Å². The van der Waals surface area contributed by atoms with E-state index in [1.807, 2.05) is 11.3 Å². The predicted molar refractivity (Wildman–Crippen MR) is 210 cm³/mol. The Kier molecular flexibility index (Phi) is 6.39. The Morgan fingerprint density at radius 2 is 0.939 bits per heavy atom. The number of benzene rings is 8. The monoisotopic (exact) mass is 643 g/mol. The Hall–Kier alpha value is -6.16. The minimum absolute atomic E-state index is 0.912. The zero-order chi connectivity index (χ0) is 32.3. The lowest BCUT2D eigenvalue weighted by Crippen LogP contribution is -2.09. The molecule has 0 aliphatic carbocycles. The van der Waals surface area contributed by atoms with Crippen LogP contribution in [0.3, 0.4) is 0 Å². The van der Waals surface area contributed by atoms with Gasteiger partial charge in [-0.05, 0) is 76.7 Å². The van der Waals surface area contributed by atoms with E-state index in [0.717, 1.165) is 55.5 Å². The van der Waals surface area contributed by atoms with Gasteiger partial charge in [0.25, 0.3) is 0 Å². The summed E-state index contributed by atoms with van der Waals surface area (Å²) in [6.07, 6.45) is 0. The van der Waals surface area contributed by atoms with Crippen molar-refractivity contribution in [3.8, 4) is 22.3 Å². The first-order chi connectivity index (χ1) is 24.3. The minimum Gasteiger partial charge on any atom is -0.455 e. The van der Waals surface area contributed by atoms with E-state index in [4.69, 9.17) is 4.42 Å². The molecule has 2 aromatic heterocycles. The van der Waals surface area contributed by atoms with Crippen molar-refractivity contribution in [3.63, 3.8) is 0 Å². The molecule has 0 unspecified atom stereocenters. The Morgan fingerprint density at radius 1 is 0.347 bits per heavy atom. The molecule has 10 rings (SSSR count). The summed E-state index contributed by atoms with van der Waals surface area (Å²) >= 11 is 1.85. The fourth-order valence-electron chi connectivity index (χ4n) is 7.37. The fourth-order valence-corrected chi connectivity index (χ4v) is 8.46. The molecule has 0 aliphatic heterocycles. The number of hydrogen-bond acceptors (Lipinski definition) is 3. The van der Waals surface area contributed by atoms with Gasteiger partial charge in [0.05, 0.1) is 0 Å². The van der Waals surface area contributed by atoms with E-state index in [2.05, 4.69) is 181 Å². The number of rotatable bonds is 5. The molecule has 0 fully saturated rings. The fraction of sp³-hybridized carbons (Fsp3) is 0. The molecular formula is C46H29NOS. The molecule has 0 radical (unpaired) electrons. The van der Waals surface area contributed by atoms with Crippen molar-refractivity contribution in [2.24, 2.45) is 0 Å². The second kappa shape index (κ2) is 11.2. The average molecular weight is 644 g/mol. The first-order valence-corrected chi connectivity index (χ1v) is 17.4. The Bertz CT molecular complexity index is 2810. The van der Waals surface area contributed by atoms with Crippen LogP contribution in [0.2, 0.25) is 0 Å². The molecule has 10 aromatic rings. The number of para-hydroxylation sites is 2. The van der Waals surface area contributed by atoms with Crippen LogP contribution >= 0.6 is 11.3 Å². The third kappa shape index (κ3) is 4.55. The molecule has 0 N–H and O–H groups in total. The molecule has 0 saturated carbocycles. The Balaban J connectivity index is 1.11.